The van der Waals surface area contributed by atoms with E-state index in [0.717, 1.165) is 0 Å². The Labute approximate surface area is 110 Å². The Bertz CT molecular complexity index is 472. The van der Waals surface area contributed by atoms with Gasteiger partial charge in [-0.25, -0.2) is 4.98 Å². The summed E-state index contributed by atoms with van der Waals surface area (Å²) in [5, 5.41) is 11.7. The average molecular weight is 264 g/mol. The summed E-state index contributed by atoms with van der Waals surface area (Å²) < 4.78 is 4.91. The van der Waals surface area contributed by atoms with Gasteiger partial charge in [-0.3, -0.25) is 9.59 Å². The first kappa shape index (κ1) is 13.3. The molecule has 1 aliphatic carbocycles. The van der Waals surface area contributed by atoms with E-state index in [1.807, 2.05) is 0 Å². The van der Waals surface area contributed by atoms with Crippen LogP contribution in [0.15, 0.2) is 18.3 Å². The molecule has 6 nitrogen and oxygen atoms in total. The molecule has 1 aromatic heterocycles. The van der Waals surface area contributed by atoms with E-state index in [1.54, 1.807) is 12.1 Å². The number of pyridine rings is 1. The van der Waals surface area contributed by atoms with Crippen LogP contribution < -0.4 is 10.1 Å². The summed E-state index contributed by atoms with van der Waals surface area (Å²) in [5.41, 5.74) is 0.444. The van der Waals surface area contributed by atoms with Gasteiger partial charge in [0, 0.05) is 18.3 Å². The molecule has 0 radical (unpaired) electrons. The van der Waals surface area contributed by atoms with Gasteiger partial charge in [0.1, 0.15) is 0 Å². The lowest BCUT2D eigenvalue weighted by molar-refractivity contribution is -0.141. The van der Waals surface area contributed by atoms with Gasteiger partial charge < -0.3 is 15.2 Å². The van der Waals surface area contributed by atoms with Crippen LogP contribution in [0.5, 0.6) is 5.88 Å². The minimum atomic E-state index is -0.789. The summed E-state index contributed by atoms with van der Waals surface area (Å²) in [6, 6.07) is 3.17. The second kappa shape index (κ2) is 5.69. The van der Waals surface area contributed by atoms with Crippen molar-refractivity contribution in [2.24, 2.45) is 5.92 Å². The van der Waals surface area contributed by atoms with Gasteiger partial charge in [-0.1, -0.05) is 0 Å². The van der Waals surface area contributed by atoms with Crippen LogP contribution in [-0.2, 0) is 4.79 Å². The number of amides is 1. The largest absolute Gasteiger partial charge is 0.481 e. The molecule has 2 unspecified atom stereocenters. The van der Waals surface area contributed by atoms with E-state index in [1.165, 1.54) is 13.3 Å². The van der Waals surface area contributed by atoms with E-state index in [-0.39, 0.29) is 17.9 Å². The van der Waals surface area contributed by atoms with Crippen molar-refractivity contribution in [1.82, 2.24) is 10.3 Å². The Balaban J connectivity index is 1.92. The SMILES string of the molecule is COc1ccc(C(=O)NC2CCC(C(=O)O)C2)cn1. The number of carbonyl (C=O) groups excluding carboxylic acids is 1. The summed E-state index contributed by atoms with van der Waals surface area (Å²) in [5.74, 6) is -0.920. The van der Waals surface area contributed by atoms with E-state index in [4.69, 9.17) is 9.84 Å². The number of rotatable bonds is 4. The number of hydrogen-bond donors (Lipinski definition) is 2. The number of ether oxygens (including phenoxy) is 1. The summed E-state index contributed by atoms with van der Waals surface area (Å²) in [6.45, 7) is 0. The first-order valence-corrected chi connectivity index (χ1v) is 6.14. The molecule has 102 valence electrons. The van der Waals surface area contributed by atoms with Gasteiger partial charge in [-0.2, -0.15) is 0 Å². The molecule has 1 aromatic rings. The highest BCUT2D eigenvalue weighted by Gasteiger charge is 2.30. The second-order valence-electron chi connectivity index (χ2n) is 4.61. The molecule has 0 spiro atoms. The lowest BCUT2D eigenvalue weighted by Gasteiger charge is -2.12. The second-order valence-corrected chi connectivity index (χ2v) is 4.61. The van der Waals surface area contributed by atoms with Gasteiger partial charge in [0.25, 0.3) is 5.91 Å². The lowest BCUT2D eigenvalue weighted by Crippen LogP contribution is -2.33. The summed E-state index contributed by atoms with van der Waals surface area (Å²) in [7, 11) is 1.51. The predicted molar refractivity (Wildman–Crippen MR) is 67.0 cm³/mol. The minimum absolute atomic E-state index is 0.0734. The number of methoxy groups -OCH3 is 1. The Morgan fingerprint density at radius 2 is 2.21 bits per heavy atom. The predicted octanol–water partition coefficient (Wildman–Crippen LogP) is 1.07. The number of aromatic nitrogens is 1. The molecule has 2 atom stereocenters. The summed E-state index contributed by atoms with van der Waals surface area (Å²) >= 11 is 0. The topological polar surface area (TPSA) is 88.5 Å². The Hall–Kier alpha value is -2.11. The van der Waals surface area contributed by atoms with Crippen LogP contribution in [-0.4, -0.2) is 35.1 Å². The van der Waals surface area contributed by atoms with Crippen LogP contribution in [0.2, 0.25) is 0 Å². The number of carboxylic acids is 1. The van der Waals surface area contributed by atoms with Crippen molar-refractivity contribution in [1.29, 1.82) is 0 Å². The van der Waals surface area contributed by atoms with Crippen molar-refractivity contribution in [2.75, 3.05) is 7.11 Å². The van der Waals surface area contributed by atoms with E-state index < -0.39 is 5.97 Å². The molecule has 1 fully saturated rings. The fourth-order valence-electron chi connectivity index (χ4n) is 2.24. The van der Waals surface area contributed by atoms with Gasteiger partial charge in [-0.05, 0) is 25.3 Å². The van der Waals surface area contributed by atoms with Gasteiger partial charge in [0.15, 0.2) is 0 Å². The molecule has 0 saturated heterocycles. The molecule has 1 saturated carbocycles. The number of hydrogen-bond acceptors (Lipinski definition) is 4. The van der Waals surface area contributed by atoms with Crippen molar-refractivity contribution in [3.05, 3.63) is 23.9 Å². The van der Waals surface area contributed by atoms with Crippen LogP contribution in [0.3, 0.4) is 0 Å². The molecule has 1 amide bonds. The third-order valence-corrected chi connectivity index (χ3v) is 3.32. The van der Waals surface area contributed by atoms with E-state index in [2.05, 4.69) is 10.3 Å². The molecule has 1 aliphatic rings. The van der Waals surface area contributed by atoms with Crippen molar-refractivity contribution in [3.8, 4) is 5.88 Å². The van der Waals surface area contributed by atoms with Crippen LogP contribution >= 0.6 is 0 Å². The van der Waals surface area contributed by atoms with E-state index in [0.29, 0.717) is 30.7 Å². The third kappa shape index (κ3) is 3.21. The molecule has 0 aliphatic heterocycles. The number of nitrogens with zero attached hydrogens (tertiary/aromatic N) is 1. The highest BCUT2D eigenvalue weighted by atomic mass is 16.5. The molecule has 2 N–H and O–H groups in total. The molecule has 0 bridgehead atoms. The van der Waals surface area contributed by atoms with Crippen LogP contribution in [0.25, 0.3) is 0 Å². The first-order chi connectivity index (χ1) is 9.10. The minimum Gasteiger partial charge on any atom is -0.481 e. The third-order valence-electron chi connectivity index (χ3n) is 3.32. The van der Waals surface area contributed by atoms with Crippen molar-refractivity contribution in [3.63, 3.8) is 0 Å². The molecule has 19 heavy (non-hydrogen) atoms. The standard InChI is InChI=1S/C13H16N2O4/c1-19-11-5-3-9(7-14-11)12(16)15-10-4-2-8(6-10)13(17)18/h3,5,7-8,10H,2,4,6H2,1H3,(H,15,16)(H,17,18). The molecular weight excluding hydrogens is 248 g/mol. The number of nitrogens with one attached hydrogen (secondary N) is 1. The molecule has 6 heteroatoms. The quantitative estimate of drug-likeness (QED) is 0.849. The molecule has 1 heterocycles. The zero-order valence-corrected chi connectivity index (χ0v) is 10.6. The van der Waals surface area contributed by atoms with Gasteiger partial charge in [-0.15, -0.1) is 0 Å². The smallest absolute Gasteiger partial charge is 0.306 e. The molecule has 2 rings (SSSR count). The monoisotopic (exact) mass is 264 g/mol. The molecule has 0 aromatic carbocycles. The summed E-state index contributed by atoms with van der Waals surface area (Å²) in [4.78, 5) is 26.7. The zero-order valence-electron chi connectivity index (χ0n) is 10.6. The van der Waals surface area contributed by atoms with E-state index in [9.17, 15) is 9.59 Å². The summed E-state index contributed by atoms with van der Waals surface area (Å²) in [6.07, 6.45) is 3.25. The Kier molecular flexibility index (Phi) is 3.99. The zero-order chi connectivity index (χ0) is 13.8. The van der Waals surface area contributed by atoms with Gasteiger partial charge in [0.05, 0.1) is 18.6 Å². The number of carboxylic acid groups (broad SMARTS) is 1. The van der Waals surface area contributed by atoms with Gasteiger partial charge in [0.2, 0.25) is 5.88 Å². The molecular formula is C13H16N2O4. The van der Waals surface area contributed by atoms with Crippen molar-refractivity contribution in [2.45, 2.75) is 25.3 Å². The maximum atomic E-state index is 11.9. The maximum absolute atomic E-state index is 11.9. The number of carbonyl (C=O) groups is 2. The first-order valence-electron chi connectivity index (χ1n) is 6.14. The maximum Gasteiger partial charge on any atom is 0.306 e. The van der Waals surface area contributed by atoms with Gasteiger partial charge >= 0.3 is 5.97 Å². The Morgan fingerprint density at radius 3 is 2.74 bits per heavy atom. The fraction of sp³-hybridized carbons (Fsp3) is 0.462. The highest BCUT2D eigenvalue weighted by Crippen LogP contribution is 2.25. The van der Waals surface area contributed by atoms with Crippen LogP contribution in [0.4, 0.5) is 0 Å². The fourth-order valence-corrected chi connectivity index (χ4v) is 2.24. The van der Waals surface area contributed by atoms with Crippen molar-refractivity contribution < 1.29 is 19.4 Å². The lowest BCUT2D eigenvalue weighted by atomic mass is 10.1. The van der Waals surface area contributed by atoms with E-state index >= 15 is 0 Å². The van der Waals surface area contributed by atoms with Crippen molar-refractivity contribution >= 4 is 11.9 Å². The van der Waals surface area contributed by atoms with Crippen LogP contribution in [0, 0.1) is 5.92 Å². The normalized spacial score (nSPS) is 21.9. The Morgan fingerprint density at radius 1 is 1.42 bits per heavy atom. The number of aliphatic carboxylic acids is 1. The average Bonchev–Trinajstić information content (AvgIpc) is 2.87. The highest BCUT2D eigenvalue weighted by molar-refractivity contribution is 5.94. The van der Waals surface area contributed by atoms with Crippen LogP contribution in [0.1, 0.15) is 29.6 Å².